The Balaban J connectivity index is 1.81. The molecule has 8 nitrogen and oxygen atoms in total. The van der Waals surface area contributed by atoms with Crippen molar-refractivity contribution in [2.24, 2.45) is 5.10 Å². The SMILES string of the molecule is COc1ccc(C2=NN(Cc3ccc(NC(=O)O)cc3)C(=O)CC2)cc1OC(C)C. The maximum atomic E-state index is 12.4. The van der Waals surface area contributed by atoms with Gasteiger partial charge in [-0.25, -0.2) is 9.80 Å². The maximum absolute atomic E-state index is 12.4. The number of amides is 2. The van der Waals surface area contributed by atoms with E-state index in [1.165, 1.54) is 5.01 Å². The first-order valence-corrected chi connectivity index (χ1v) is 9.67. The fourth-order valence-electron chi connectivity index (χ4n) is 3.12. The zero-order valence-electron chi connectivity index (χ0n) is 17.2. The first-order chi connectivity index (χ1) is 14.4. The summed E-state index contributed by atoms with van der Waals surface area (Å²) in [5.41, 5.74) is 3.00. The van der Waals surface area contributed by atoms with Crippen molar-refractivity contribution < 1.29 is 24.2 Å². The van der Waals surface area contributed by atoms with Gasteiger partial charge in [-0.15, -0.1) is 0 Å². The van der Waals surface area contributed by atoms with Crippen LogP contribution in [0.15, 0.2) is 47.6 Å². The molecular formula is C22H25N3O5. The highest BCUT2D eigenvalue weighted by Crippen LogP contribution is 2.30. The number of methoxy groups -OCH3 is 1. The third-order valence-electron chi connectivity index (χ3n) is 4.50. The molecule has 0 saturated heterocycles. The van der Waals surface area contributed by atoms with Crippen molar-refractivity contribution in [1.29, 1.82) is 0 Å². The smallest absolute Gasteiger partial charge is 0.409 e. The van der Waals surface area contributed by atoms with Crippen LogP contribution in [0.2, 0.25) is 0 Å². The second kappa shape index (κ2) is 9.30. The number of hydrazone groups is 1. The summed E-state index contributed by atoms with van der Waals surface area (Å²) in [5.74, 6) is 1.23. The van der Waals surface area contributed by atoms with Crippen LogP contribution in [-0.4, -0.2) is 41.0 Å². The van der Waals surface area contributed by atoms with Gasteiger partial charge >= 0.3 is 6.09 Å². The Bertz CT molecular complexity index is 954. The first-order valence-electron chi connectivity index (χ1n) is 9.67. The van der Waals surface area contributed by atoms with Gasteiger partial charge in [-0.3, -0.25) is 10.1 Å². The molecule has 1 heterocycles. The maximum Gasteiger partial charge on any atom is 0.409 e. The first kappa shape index (κ1) is 21.2. The Morgan fingerprint density at radius 3 is 2.53 bits per heavy atom. The number of hydrogen-bond acceptors (Lipinski definition) is 5. The van der Waals surface area contributed by atoms with E-state index in [1.807, 2.05) is 32.0 Å². The lowest BCUT2D eigenvalue weighted by atomic mass is 10.0. The van der Waals surface area contributed by atoms with E-state index in [2.05, 4.69) is 10.4 Å². The fourth-order valence-corrected chi connectivity index (χ4v) is 3.12. The molecule has 2 amide bonds. The van der Waals surface area contributed by atoms with Gasteiger partial charge in [-0.2, -0.15) is 5.10 Å². The van der Waals surface area contributed by atoms with Crippen molar-refractivity contribution in [3.05, 3.63) is 53.6 Å². The minimum atomic E-state index is -1.12. The van der Waals surface area contributed by atoms with Crippen molar-refractivity contribution in [3.8, 4) is 11.5 Å². The lowest BCUT2D eigenvalue weighted by Crippen LogP contribution is -2.31. The third-order valence-corrected chi connectivity index (χ3v) is 4.50. The van der Waals surface area contributed by atoms with Gasteiger partial charge in [0.1, 0.15) is 0 Å². The van der Waals surface area contributed by atoms with Crippen LogP contribution in [0.1, 0.15) is 37.8 Å². The van der Waals surface area contributed by atoms with Crippen LogP contribution in [0.4, 0.5) is 10.5 Å². The number of nitrogens with zero attached hydrogens (tertiary/aromatic N) is 2. The van der Waals surface area contributed by atoms with E-state index >= 15 is 0 Å². The third kappa shape index (κ3) is 5.28. The quantitative estimate of drug-likeness (QED) is 0.714. The lowest BCUT2D eigenvalue weighted by Gasteiger charge is -2.24. The number of hydrogen-bond donors (Lipinski definition) is 2. The molecule has 3 rings (SSSR count). The Hall–Kier alpha value is -3.55. The topological polar surface area (TPSA) is 100 Å². The highest BCUT2D eigenvalue weighted by atomic mass is 16.5. The molecule has 2 N–H and O–H groups in total. The normalized spacial score (nSPS) is 13.8. The second-order valence-corrected chi connectivity index (χ2v) is 7.16. The predicted octanol–water partition coefficient (Wildman–Crippen LogP) is 4.10. The summed E-state index contributed by atoms with van der Waals surface area (Å²) in [7, 11) is 1.60. The number of rotatable bonds is 7. The molecule has 0 radical (unpaired) electrons. The van der Waals surface area contributed by atoms with Crippen LogP contribution in [0.3, 0.4) is 0 Å². The molecule has 0 fully saturated rings. The zero-order chi connectivity index (χ0) is 21.7. The van der Waals surface area contributed by atoms with Crippen molar-refractivity contribution in [3.63, 3.8) is 0 Å². The summed E-state index contributed by atoms with van der Waals surface area (Å²) >= 11 is 0. The highest BCUT2D eigenvalue weighted by Gasteiger charge is 2.22. The van der Waals surface area contributed by atoms with Gasteiger partial charge in [-0.05, 0) is 49.7 Å². The molecule has 0 bridgehead atoms. The van der Waals surface area contributed by atoms with Gasteiger partial charge in [0.25, 0.3) is 0 Å². The van der Waals surface area contributed by atoms with Crippen LogP contribution in [-0.2, 0) is 11.3 Å². The number of carbonyl (C=O) groups excluding carboxylic acids is 1. The van der Waals surface area contributed by atoms with Crippen LogP contribution in [0, 0.1) is 0 Å². The van der Waals surface area contributed by atoms with Crippen molar-refractivity contribution in [1.82, 2.24) is 5.01 Å². The van der Waals surface area contributed by atoms with Gasteiger partial charge in [0, 0.05) is 24.1 Å². The Kier molecular flexibility index (Phi) is 6.56. The van der Waals surface area contributed by atoms with Crippen molar-refractivity contribution >= 4 is 23.4 Å². The van der Waals surface area contributed by atoms with Gasteiger partial charge in [-0.1, -0.05) is 12.1 Å². The molecule has 0 atom stereocenters. The van der Waals surface area contributed by atoms with E-state index in [1.54, 1.807) is 31.4 Å². The largest absolute Gasteiger partial charge is 0.493 e. The van der Waals surface area contributed by atoms with E-state index in [-0.39, 0.29) is 12.0 Å². The fraction of sp³-hybridized carbons (Fsp3) is 0.318. The summed E-state index contributed by atoms with van der Waals surface area (Å²) in [5, 5.41) is 17.1. The van der Waals surface area contributed by atoms with Crippen LogP contribution >= 0.6 is 0 Å². The van der Waals surface area contributed by atoms with E-state index < -0.39 is 6.09 Å². The molecule has 0 aromatic heterocycles. The Morgan fingerprint density at radius 2 is 1.90 bits per heavy atom. The zero-order valence-corrected chi connectivity index (χ0v) is 17.2. The standard InChI is InChI=1S/C22H25N3O5/c1-14(2)30-20-12-16(6-10-19(20)29-3)18-9-11-21(26)25(24-18)13-15-4-7-17(8-5-15)23-22(27)28/h4-8,10,12,14,23H,9,11,13H2,1-3H3,(H,27,28). The van der Waals surface area contributed by atoms with Crippen LogP contribution in [0.25, 0.3) is 0 Å². The minimum Gasteiger partial charge on any atom is -0.493 e. The summed E-state index contributed by atoms with van der Waals surface area (Å²) in [4.78, 5) is 23.1. The summed E-state index contributed by atoms with van der Waals surface area (Å²) in [6.45, 7) is 4.20. The molecule has 8 heteroatoms. The number of nitrogens with one attached hydrogen (secondary N) is 1. The number of benzene rings is 2. The molecule has 2 aromatic rings. The van der Waals surface area contributed by atoms with Crippen LogP contribution < -0.4 is 14.8 Å². The lowest BCUT2D eigenvalue weighted by molar-refractivity contribution is -0.132. The molecule has 0 saturated carbocycles. The molecule has 2 aromatic carbocycles. The summed E-state index contributed by atoms with van der Waals surface area (Å²) < 4.78 is 11.2. The Labute approximate surface area is 175 Å². The minimum absolute atomic E-state index is 0.000825. The van der Waals surface area contributed by atoms with Crippen molar-refractivity contribution in [2.45, 2.75) is 39.3 Å². The average molecular weight is 411 g/mol. The summed E-state index contributed by atoms with van der Waals surface area (Å²) in [6.07, 6.45) is -0.212. The molecule has 0 spiro atoms. The number of ether oxygens (including phenoxy) is 2. The van der Waals surface area contributed by atoms with Crippen LogP contribution in [0.5, 0.6) is 11.5 Å². The molecule has 1 aliphatic heterocycles. The molecule has 1 aliphatic rings. The second-order valence-electron chi connectivity index (χ2n) is 7.16. The molecule has 158 valence electrons. The highest BCUT2D eigenvalue weighted by molar-refractivity contribution is 6.04. The van der Waals surface area contributed by atoms with Crippen molar-refractivity contribution in [2.75, 3.05) is 12.4 Å². The number of carboxylic acid groups (broad SMARTS) is 1. The molecule has 30 heavy (non-hydrogen) atoms. The Morgan fingerprint density at radius 1 is 1.17 bits per heavy atom. The summed E-state index contributed by atoms with van der Waals surface area (Å²) in [6, 6.07) is 12.5. The van der Waals surface area contributed by atoms with Gasteiger partial charge in [0.05, 0.1) is 25.5 Å². The van der Waals surface area contributed by atoms with E-state index in [0.717, 1.165) is 16.8 Å². The molecular weight excluding hydrogens is 386 g/mol. The van der Waals surface area contributed by atoms with E-state index in [4.69, 9.17) is 14.6 Å². The molecule has 0 unspecified atom stereocenters. The van der Waals surface area contributed by atoms with E-state index in [0.29, 0.717) is 36.6 Å². The molecule has 0 aliphatic carbocycles. The van der Waals surface area contributed by atoms with E-state index in [9.17, 15) is 9.59 Å². The monoisotopic (exact) mass is 411 g/mol. The van der Waals surface area contributed by atoms with Gasteiger partial charge < -0.3 is 14.6 Å². The number of anilines is 1. The average Bonchev–Trinajstić information content (AvgIpc) is 2.70. The van der Waals surface area contributed by atoms with Gasteiger partial charge in [0.2, 0.25) is 5.91 Å². The van der Waals surface area contributed by atoms with Gasteiger partial charge in [0.15, 0.2) is 11.5 Å². The predicted molar refractivity (Wildman–Crippen MR) is 113 cm³/mol. The number of carbonyl (C=O) groups is 2.